The number of carbonyl (C=O) groups excluding carboxylic acids is 2. The van der Waals surface area contributed by atoms with E-state index in [0.717, 1.165) is 0 Å². The molecule has 1 fully saturated rings. The monoisotopic (exact) mass is 387 g/mol. The van der Waals surface area contributed by atoms with Crippen LogP contribution in [-0.4, -0.2) is 45.9 Å². The first-order valence-corrected chi connectivity index (χ1v) is 8.61. The molecule has 0 radical (unpaired) electrons. The number of benzene rings is 1. The van der Waals surface area contributed by atoms with Gasteiger partial charge in [-0.25, -0.2) is 4.39 Å². The quantitative estimate of drug-likeness (QED) is 0.731. The second-order valence-corrected chi connectivity index (χ2v) is 6.59. The number of aromatic amines is 1. The fraction of sp³-hybridized carbons (Fsp3) is 0.263. The number of likely N-dealkylation sites (tertiary alicyclic amines) is 1. The van der Waals surface area contributed by atoms with Crippen LogP contribution < -0.4 is 10.9 Å². The molecule has 3 N–H and O–H groups in total. The van der Waals surface area contributed by atoms with Crippen LogP contribution in [0.1, 0.15) is 16.8 Å². The Morgan fingerprint density at radius 3 is 2.43 bits per heavy atom. The molecule has 2 aromatic rings. The van der Waals surface area contributed by atoms with Gasteiger partial charge in [-0.15, -0.1) is 0 Å². The minimum atomic E-state index is -1.13. The molecule has 2 atom stereocenters. The molecule has 0 bridgehead atoms. The summed E-state index contributed by atoms with van der Waals surface area (Å²) in [4.78, 5) is 52.3. The van der Waals surface area contributed by atoms with Gasteiger partial charge in [0.05, 0.1) is 11.8 Å². The number of hydrogen-bond acceptors (Lipinski definition) is 4. The van der Waals surface area contributed by atoms with Gasteiger partial charge in [0.2, 0.25) is 5.91 Å². The van der Waals surface area contributed by atoms with Crippen LogP contribution in [0.2, 0.25) is 0 Å². The number of aromatic nitrogens is 1. The second kappa shape index (κ2) is 8.03. The summed E-state index contributed by atoms with van der Waals surface area (Å²) < 4.78 is 13.0. The lowest BCUT2D eigenvalue weighted by atomic mass is 9.88. The minimum absolute atomic E-state index is 0.0238. The van der Waals surface area contributed by atoms with E-state index in [-0.39, 0.29) is 25.1 Å². The van der Waals surface area contributed by atoms with Gasteiger partial charge in [0.25, 0.3) is 11.5 Å². The second-order valence-electron chi connectivity index (χ2n) is 6.59. The zero-order valence-corrected chi connectivity index (χ0v) is 14.7. The first-order chi connectivity index (χ1) is 13.3. The Hall–Kier alpha value is -3.49. The van der Waals surface area contributed by atoms with Gasteiger partial charge in [0, 0.05) is 25.0 Å². The molecule has 2 heterocycles. The van der Waals surface area contributed by atoms with Crippen molar-refractivity contribution in [3.63, 3.8) is 0 Å². The normalized spacial score (nSPS) is 19.1. The number of hydrogen-bond donors (Lipinski definition) is 3. The average molecular weight is 387 g/mol. The van der Waals surface area contributed by atoms with Crippen molar-refractivity contribution in [2.24, 2.45) is 11.8 Å². The number of pyridine rings is 1. The number of nitrogens with one attached hydrogen (secondary N) is 2. The molecule has 28 heavy (non-hydrogen) atoms. The molecule has 1 aromatic heterocycles. The number of H-pyrrole nitrogens is 1. The number of carboxylic acids is 1. The summed E-state index contributed by atoms with van der Waals surface area (Å²) in [6.07, 6.45) is 1.44. The van der Waals surface area contributed by atoms with E-state index in [0.29, 0.717) is 5.69 Å². The highest BCUT2D eigenvalue weighted by molar-refractivity contribution is 5.96. The van der Waals surface area contributed by atoms with Crippen molar-refractivity contribution in [3.05, 3.63) is 64.3 Å². The van der Waals surface area contributed by atoms with E-state index in [4.69, 9.17) is 0 Å². The third-order valence-corrected chi connectivity index (χ3v) is 4.62. The SMILES string of the molecule is O=C(O)[C@H]1C[C@@H](C(=O)Nc2ccc(F)cc2)CN(C(=O)c2ccc[nH]c2=O)C1. The van der Waals surface area contributed by atoms with E-state index >= 15 is 0 Å². The van der Waals surface area contributed by atoms with Gasteiger partial charge in [-0.3, -0.25) is 19.2 Å². The number of carbonyl (C=O) groups is 3. The number of carboxylic acid groups (broad SMARTS) is 1. The Kier molecular flexibility index (Phi) is 5.53. The smallest absolute Gasteiger partial charge is 0.308 e. The van der Waals surface area contributed by atoms with Gasteiger partial charge in [-0.2, -0.15) is 0 Å². The fourth-order valence-electron chi connectivity index (χ4n) is 3.17. The van der Waals surface area contributed by atoms with E-state index in [1.807, 2.05) is 0 Å². The molecule has 2 amide bonds. The molecule has 1 saturated heterocycles. The number of amides is 2. The lowest BCUT2D eigenvalue weighted by Gasteiger charge is -2.35. The Morgan fingerprint density at radius 1 is 1.11 bits per heavy atom. The molecule has 1 aliphatic heterocycles. The lowest BCUT2D eigenvalue weighted by molar-refractivity contribution is -0.144. The van der Waals surface area contributed by atoms with Gasteiger partial charge < -0.3 is 20.3 Å². The maximum absolute atomic E-state index is 13.0. The van der Waals surface area contributed by atoms with Gasteiger partial charge in [0.15, 0.2) is 0 Å². The number of aliphatic carboxylic acids is 1. The summed E-state index contributed by atoms with van der Waals surface area (Å²) in [5.41, 5.74) is -0.343. The van der Waals surface area contributed by atoms with E-state index in [9.17, 15) is 28.7 Å². The van der Waals surface area contributed by atoms with Crippen LogP contribution >= 0.6 is 0 Å². The predicted molar refractivity (Wildman–Crippen MR) is 97.2 cm³/mol. The molecule has 8 nitrogen and oxygen atoms in total. The summed E-state index contributed by atoms with van der Waals surface area (Å²) in [6.45, 7) is -0.118. The van der Waals surface area contributed by atoms with Gasteiger partial charge in [0.1, 0.15) is 11.4 Å². The molecular formula is C19H18FN3O5. The van der Waals surface area contributed by atoms with Crippen LogP contribution in [0, 0.1) is 17.7 Å². The average Bonchev–Trinajstić information content (AvgIpc) is 2.69. The zero-order valence-electron chi connectivity index (χ0n) is 14.7. The van der Waals surface area contributed by atoms with Crippen LogP contribution in [-0.2, 0) is 9.59 Å². The van der Waals surface area contributed by atoms with Crippen molar-refractivity contribution >= 4 is 23.5 Å². The number of halogens is 1. The highest BCUT2D eigenvalue weighted by atomic mass is 19.1. The largest absolute Gasteiger partial charge is 0.481 e. The van der Waals surface area contributed by atoms with Crippen LogP contribution in [0.25, 0.3) is 0 Å². The topological polar surface area (TPSA) is 120 Å². The van der Waals surface area contributed by atoms with Crippen LogP contribution in [0.5, 0.6) is 0 Å². The van der Waals surface area contributed by atoms with E-state index in [2.05, 4.69) is 10.3 Å². The fourth-order valence-corrected chi connectivity index (χ4v) is 3.17. The van der Waals surface area contributed by atoms with Crippen LogP contribution in [0.15, 0.2) is 47.4 Å². The Morgan fingerprint density at radius 2 is 1.79 bits per heavy atom. The van der Waals surface area contributed by atoms with Gasteiger partial charge in [-0.05, 0) is 42.8 Å². The zero-order chi connectivity index (χ0) is 20.3. The summed E-state index contributed by atoms with van der Waals surface area (Å²) in [6, 6.07) is 7.99. The number of nitrogens with zero attached hydrogens (tertiary/aromatic N) is 1. The maximum Gasteiger partial charge on any atom is 0.308 e. The molecular weight excluding hydrogens is 369 g/mol. The summed E-state index contributed by atoms with van der Waals surface area (Å²) in [7, 11) is 0. The van der Waals surface area contributed by atoms with E-state index in [1.165, 1.54) is 47.5 Å². The molecule has 0 unspecified atom stereocenters. The molecule has 0 saturated carbocycles. The lowest BCUT2D eigenvalue weighted by Crippen LogP contribution is -2.50. The van der Waals surface area contributed by atoms with E-state index < -0.39 is 41.0 Å². The third-order valence-electron chi connectivity index (χ3n) is 4.62. The first kappa shape index (κ1) is 19.3. The highest BCUT2D eigenvalue weighted by Crippen LogP contribution is 2.25. The molecule has 1 aliphatic rings. The van der Waals surface area contributed by atoms with Gasteiger partial charge >= 0.3 is 5.97 Å². The Balaban J connectivity index is 1.79. The van der Waals surface area contributed by atoms with Gasteiger partial charge in [-0.1, -0.05) is 0 Å². The Labute approximate surface area is 159 Å². The third kappa shape index (κ3) is 4.25. The molecule has 146 valence electrons. The van der Waals surface area contributed by atoms with Crippen molar-refractivity contribution in [2.45, 2.75) is 6.42 Å². The molecule has 0 spiro atoms. The number of piperidine rings is 1. The molecule has 9 heteroatoms. The number of anilines is 1. The van der Waals surface area contributed by atoms with Crippen LogP contribution in [0.3, 0.4) is 0 Å². The van der Waals surface area contributed by atoms with Crippen molar-refractivity contribution in [3.8, 4) is 0 Å². The van der Waals surface area contributed by atoms with Crippen molar-refractivity contribution in [1.29, 1.82) is 0 Å². The Bertz CT molecular complexity index is 957. The standard InChI is InChI=1S/C19H18FN3O5/c20-13-3-5-14(6-4-13)22-16(24)11-8-12(19(27)28)10-23(9-11)18(26)15-2-1-7-21-17(15)25/h1-7,11-12H,8-10H2,(H,21,25)(H,22,24)(H,27,28)/t11-,12+/m1/s1. The van der Waals surface area contributed by atoms with E-state index in [1.54, 1.807) is 0 Å². The van der Waals surface area contributed by atoms with Crippen LogP contribution in [0.4, 0.5) is 10.1 Å². The molecule has 1 aromatic carbocycles. The highest BCUT2D eigenvalue weighted by Gasteiger charge is 2.37. The predicted octanol–water partition coefficient (Wildman–Crippen LogP) is 1.32. The van der Waals surface area contributed by atoms with Crippen molar-refractivity contribution in [2.75, 3.05) is 18.4 Å². The maximum atomic E-state index is 13.0. The summed E-state index contributed by atoms with van der Waals surface area (Å²) in [5, 5.41) is 12.0. The molecule has 3 rings (SSSR count). The number of rotatable bonds is 4. The summed E-state index contributed by atoms with van der Waals surface area (Å²) >= 11 is 0. The van der Waals surface area contributed by atoms with Crippen molar-refractivity contribution < 1.29 is 23.9 Å². The summed E-state index contributed by atoms with van der Waals surface area (Å²) in [5.74, 6) is -4.41. The minimum Gasteiger partial charge on any atom is -0.481 e. The first-order valence-electron chi connectivity index (χ1n) is 8.61. The molecule has 0 aliphatic carbocycles. The van der Waals surface area contributed by atoms with Crippen molar-refractivity contribution in [1.82, 2.24) is 9.88 Å².